The largest absolute Gasteiger partial charge is 0.326 e. The van der Waals surface area contributed by atoms with Gasteiger partial charge in [0, 0.05) is 30.4 Å². The van der Waals surface area contributed by atoms with Crippen molar-refractivity contribution in [2.24, 2.45) is 0 Å². The zero-order valence-electron chi connectivity index (χ0n) is 16.6. The van der Waals surface area contributed by atoms with E-state index < -0.39 is 0 Å². The predicted molar refractivity (Wildman–Crippen MR) is 116 cm³/mol. The maximum Gasteiger partial charge on any atom is 0.234 e. The lowest BCUT2D eigenvalue weighted by Gasteiger charge is -2.09. The van der Waals surface area contributed by atoms with Crippen molar-refractivity contribution >= 4 is 35.0 Å². The van der Waals surface area contributed by atoms with Crippen LogP contribution >= 0.6 is 11.8 Å². The van der Waals surface area contributed by atoms with Crippen LogP contribution in [-0.4, -0.2) is 32.3 Å². The minimum Gasteiger partial charge on any atom is -0.326 e. The number of carbonyl (C=O) groups excluding carboxylic acids is 2. The fourth-order valence-electron chi connectivity index (χ4n) is 2.85. The number of nitrogens with zero attached hydrogens (tertiary/aromatic N) is 3. The second-order valence-corrected chi connectivity index (χ2v) is 7.46. The first-order chi connectivity index (χ1) is 14.0. The minimum atomic E-state index is -0.136. The van der Waals surface area contributed by atoms with Crippen molar-refractivity contribution < 1.29 is 9.59 Å². The highest BCUT2D eigenvalue weighted by atomic mass is 32.2. The summed E-state index contributed by atoms with van der Waals surface area (Å²) < 4.78 is 2.01. The molecular weight excluding hydrogens is 386 g/mol. The fourth-order valence-corrected chi connectivity index (χ4v) is 3.65. The van der Waals surface area contributed by atoms with Crippen LogP contribution in [0.15, 0.2) is 53.7 Å². The van der Waals surface area contributed by atoms with Crippen LogP contribution in [0.25, 0.3) is 11.4 Å². The molecule has 0 radical (unpaired) electrons. The second kappa shape index (κ2) is 9.38. The Morgan fingerprint density at radius 1 is 1.03 bits per heavy atom. The highest BCUT2D eigenvalue weighted by molar-refractivity contribution is 7.99. The highest BCUT2D eigenvalue weighted by Gasteiger charge is 2.14. The van der Waals surface area contributed by atoms with E-state index in [-0.39, 0.29) is 17.6 Å². The molecule has 0 aliphatic rings. The van der Waals surface area contributed by atoms with Gasteiger partial charge in [-0.2, -0.15) is 0 Å². The highest BCUT2D eigenvalue weighted by Crippen LogP contribution is 2.24. The lowest BCUT2D eigenvalue weighted by atomic mass is 10.1. The predicted octanol–water partition coefficient (Wildman–Crippen LogP) is 3.96. The number of thioether (sulfide) groups is 1. The molecule has 7 nitrogen and oxygen atoms in total. The van der Waals surface area contributed by atoms with Gasteiger partial charge in [-0.25, -0.2) is 0 Å². The Morgan fingerprint density at radius 3 is 2.34 bits per heavy atom. The molecule has 150 valence electrons. The second-order valence-electron chi connectivity index (χ2n) is 6.52. The van der Waals surface area contributed by atoms with E-state index in [0.29, 0.717) is 23.1 Å². The molecule has 1 aromatic heterocycles. The molecule has 0 aliphatic carbocycles. The monoisotopic (exact) mass is 409 g/mol. The molecule has 8 heteroatoms. The number of benzene rings is 2. The average Bonchev–Trinajstić information content (AvgIpc) is 3.10. The van der Waals surface area contributed by atoms with Crippen molar-refractivity contribution in [3.8, 4) is 11.4 Å². The van der Waals surface area contributed by atoms with Crippen molar-refractivity contribution in [1.29, 1.82) is 0 Å². The molecule has 3 aromatic rings. The van der Waals surface area contributed by atoms with Gasteiger partial charge in [-0.15, -0.1) is 10.2 Å². The van der Waals surface area contributed by atoms with E-state index in [1.165, 1.54) is 18.7 Å². The van der Waals surface area contributed by atoms with Crippen molar-refractivity contribution in [2.45, 2.75) is 32.5 Å². The summed E-state index contributed by atoms with van der Waals surface area (Å²) in [7, 11) is 0. The van der Waals surface area contributed by atoms with E-state index in [0.717, 1.165) is 17.0 Å². The number of nitrogens with one attached hydrogen (secondary N) is 2. The molecular formula is C21H23N5O2S. The van der Waals surface area contributed by atoms with Crippen LogP contribution in [0.3, 0.4) is 0 Å². The van der Waals surface area contributed by atoms with Gasteiger partial charge < -0.3 is 15.2 Å². The van der Waals surface area contributed by atoms with Crippen LogP contribution in [0, 0.1) is 6.92 Å². The Kier molecular flexibility index (Phi) is 6.66. The Hall–Kier alpha value is -3.13. The van der Waals surface area contributed by atoms with Crippen LogP contribution in [0.1, 0.15) is 19.4 Å². The van der Waals surface area contributed by atoms with Crippen molar-refractivity contribution in [1.82, 2.24) is 14.8 Å². The molecule has 0 aliphatic heterocycles. The maximum absolute atomic E-state index is 12.3. The van der Waals surface area contributed by atoms with E-state index >= 15 is 0 Å². The topological polar surface area (TPSA) is 88.9 Å². The summed E-state index contributed by atoms with van der Waals surface area (Å²) in [5, 5.41) is 14.8. The lowest BCUT2D eigenvalue weighted by molar-refractivity contribution is -0.114. The van der Waals surface area contributed by atoms with Gasteiger partial charge in [-0.3, -0.25) is 9.59 Å². The Bertz CT molecular complexity index is 1010. The molecule has 0 atom stereocenters. The number of rotatable bonds is 7. The van der Waals surface area contributed by atoms with E-state index in [4.69, 9.17) is 0 Å². The van der Waals surface area contributed by atoms with E-state index in [9.17, 15) is 9.59 Å². The Morgan fingerprint density at radius 2 is 1.72 bits per heavy atom. The van der Waals surface area contributed by atoms with Crippen LogP contribution in [0.5, 0.6) is 0 Å². The van der Waals surface area contributed by atoms with Crippen molar-refractivity contribution in [2.75, 3.05) is 16.4 Å². The number of amides is 2. The number of anilines is 2. The van der Waals surface area contributed by atoms with Gasteiger partial charge in [0.2, 0.25) is 11.8 Å². The molecule has 2 amide bonds. The normalized spacial score (nSPS) is 10.6. The molecule has 0 fully saturated rings. The third-order valence-electron chi connectivity index (χ3n) is 4.13. The Labute approximate surface area is 173 Å². The van der Waals surface area contributed by atoms with E-state index in [1.807, 2.05) is 36.6 Å². The summed E-state index contributed by atoms with van der Waals surface area (Å²) in [5.74, 6) is 0.750. The van der Waals surface area contributed by atoms with Gasteiger partial charge >= 0.3 is 0 Å². The minimum absolute atomic E-state index is 0.134. The molecule has 0 saturated heterocycles. The molecule has 0 spiro atoms. The van der Waals surface area contributed by atoms with Crippen LogP contribution in [0.2, 0.25) is 0 Å². The maximum atomic E-state index is 12.3. The van der Waals surface area contributed by atoms with Gasteiger partial charge in [0.25, 0.3) is 0 Å². The number of hydrogen-bond donors (Lipinski definition) is 2. The smallest absolute Gasteiger partial charge is 0.234 e. The zero-order valence-corrected chi connectivity index (χ0v) is 17.4. The summed E-state index contributed by atoms with van der Waals surface area (Å²) in [4.78, 5) is 23.4. The third-order valence-corrected chi connectivity index (χ3v) is 5.10. The molecule has 2 aromatic carbocycles. The SMILES string of the molecule is CCn1c(SCC(=O)Nc2ccc(NC(C)=O)cc2)nnc1-c1cccc(C)c1. The van der Waals surface area contributed by atoms with Gasteiger partial charge in [-0.05, 0) is 44.2 Å². The van der Waals surface area contributed by atoms with Crippen molar-refractivity contribution in [3.63, 3.8) is 0 Å². The first kappa shape index (κ1) is 20.6. The first-order valence-corrected chi connectivity index (χ1v) is 10.3. The number of hydrogen-bond acceptors (Lipinski definition) is 5. The van der Waals surface area contributed by atoms with Gasteiger partial charge in [-0.1, -0.05) is 35.5 Å². The summed E-state index contributed by atoms with van der Waals surface area (Å²) in [6.07, 6.45) is 0. The summed E-state index contributed by atoms with van der Waals surface area (Å²) in [6.45, 7) is 6.24. The van der Waals surface area contributed by atoms with Gasteiger partial charge in [0.05, 0.1) is 5.75 Å². The summed E-state index contributed by atoms with van der Waals surface area (Å²) in [6, 6.07) is 15.1. The molecule has 0 saturated carbocycles. The van der Waals surface area contributed by atoms with Gasteiger partial charge in [0.15, 0.2) is 11.0 Å². The van der Waals surface area contributed by atoms with Crippen LogP contribution < -0.4 is 10.6 Å². The molecule has 3 rings (SSSR count). The number of aryl methyl sites for hydroxylation is 1. The molecule has 0 unspecified atom stereocenters. The number of carbonyl (C=O) groups is 2. The average molecular weight is 410 g/mol. The molecule has 2 N–H and O–H groups in total. The van der Waals surface area contributed by atoms with Gasteiger partial charge in [0.1, 0.15) is 0 Å². The quantitative estimate of drug-likeness (QED) is 0.577. The lowest BCUT2D eigenvalue weighted by Crippen LogP contribution is -2.14. The van der Waals surface area contributed by atoms with Crippen molar-refractivity contribution in [3.05, 3.63) is 54.1 Å². The first-order valence-electron chi connectivity index (χ1n) is 9.27. The zero-order chi connectivity index (χ0) is 20.8. The van der Waals surface area contributed by atoms with E-state index in [2.05, 4.69) is 26.9 Å². The summed E-state index contributed by atoms with van der Waals surface area (Å²) in [5.41, 5.74) is 3.52. The standard InChI is InChI=1S/C21H23N5O2S/c1-4-26-20(16-7-5-6-14(2)12-16)24-25-21(26)29-13-19(28)23-18-10-8-17(9-11-18)22-15(3)27/h5-12H,4,13H2,1-3H3,(H,22,27)(H,23,28). The third kappa shape index (κ3) is 5.45. The number of aromatic nitrogens is 3. The molecule has 0 bridgehead atoms. The van der Waals surface area contributed by atoms with Crippen LogP contribution in [-0.2, 0) is 16.1 Å². The fraction of sp³-hybridized carbons (Fsp3) is 0.238. The van der Waals surface area contributed by atoms with Crippen LogP contribution in [0.4, 0.5) is 11.4 Å². The Balaban J connectivity index is 1.62. The molecule has 1 heterocycles. The molecule has 29 heavy (non-hydrogen) atoms. The van der Waals surface area contributed by atoms with E-state index in [1.54, 1.807) is 24.3 Å². The summed E-state index contributed by atoms with van der Waals surface area (Å²) >= 11 is 1.35.